The molecule has 0 aliphatic rings. The van der Waals surface area contributed by atoms with Crippen LogP contribution in [0.15, 0.2) is 18.2 Å². The van der Waals surface area contributed by atoms with E-state index in [2.05, 4.69) is 0 Å². The van der Waals surface area contributed by atoms with E-state index in [0.29, 0.717) is 5.56 Å². The molecular weight excluding hydrogens is 208 g/mol. The summed E-state index contributed by atoms with van der Waals surface area (Å²) in [6, 6.07) is 4.03. The Morgan fingerprint density at radius 2 is 2.19 bits per heavy atom. The second kappa shape index (κ2) is 4.94. The minimum atomic E-state index is -0.609. The van der Waals surface area contributed by atoms with Crippen molar-refractivity contribution in [1.29, 1.82) is 0 Å². The number of benzene rings is 1. The molecule has 0 heterocycles. The third-order valence-corrected chi connectivity index (χ3v) is 2.84. The molecule has 88 valence electrons. The molecule has 1 rings (SSSR count). The summed E-state index contributed by atoms with van der Waals surface area (Å²) >= 11 is 0. The van der Waals surface area contributed by atoms with Gasteiger partial charge in [-0.2, -0.15) is 0 Å². The van der Waals surface area contributed by atoms with Crippen LogP contribution in [0.2, 0.25) is 0 Å². The third kappa shape index (κ3) is 2.49. The Balaban J connectivity index is 3.07. The number of nitrogens with two attached hydrogens (primary N) is 1. The minimum Gasteiger partial charge on any atom is -0.502 e. The number of phenolic OH excluding ortho intramolecular Hbond substituents is 1. The van der Waals surface area contributed by atoms with E-state index >= 15 is 0 Å². The molecule has 1 aromatic rings. The average Bonchev–Trinajstić information content (AvgIpc) is 2.27. The fraction of sp³-hybridized carbons (Fsp3) is 0.455. The van der Waals surface area contributed by atoms with Gasteiger partial charge in [0.1, 0.15) is 0 Å². The molecule has 3 N–H and O–H groups in total. The van der Waals surface area contributed by atoms with Gasteiger partial charge in [-0.1, -0.05) is 26.3 Å². The molecule has 2 atom stereocenters. The molecule has 5 nitrogen and oxygen atoms in total. The van der Waals surface area contributed by atoms with Crippen molar-refractivity contribution in [2.24, 2.45) is 11.7 Å². The van der Waals surface area contributed by atoms with Crippen LogP contribution in [0, 0.1) is 16.0 Å². The van der Waals surface area contributed by atoms with Crippen molar-refractivity contribution in [3.05, 3.63) is 33.9 Å². The monoisotopic (exact) mass is 224 g/mol. The Labute approximate surface area is 94.0 Å². The topological polar surface area (TPSA) is 89.4 Å². The standard InChI is InChI=1S/C11H16N2O3/c1-3-7(2)11(12)8-4-5-10(14)9(6-8)13(15)16/h4-7,11,14H,3,12H2,1-2H3/t7?,11-/m0/s1. The van der Waals surface area contributed by atoms with Crippen molar-refractivity contribution in [3.8, 4) is 5.75 Å². The predicted octanol–water partition coefficient (Wildman–Crippen LogP) is 2.35. The SMILES string of the molecule is CCC(C)[C@H](N)c1ccc(O)c([N+](=O)[O-])c1. The van der Waals surface area contributed by atoms with E-state index in [9.17, 15) is 15.2 Å². The van der Waals surface area contributed by atoms with Crippen LogP contribution in [0.3, 0.4) is 0 Å². The van der Waals surface area contributed by atoms with E-state index in [1.54, 1.807) is 6.07 Å². The van der Waals surface area contributed by atoms with Crippen molar-refractivity contribution in [2.75, 3.05) is 0 Å². The molecule has 16 heavy (non-hydrogen) atoms. The number of nitrogens with zero attached hydrogens (tertiary/aromatic N) is 1. The normalized spacial score (nSPS) is 14.4. The van der Waals surface area contributed by atoms with Gasteiger partial charge in [0.25, 0.3) is 0 Å². The van der Waals surface area contributed by atoms with Gasteiger partial charge in [-0.25, -0.2) is 0 Å². The van der Waals surface area contributed by atoms with Gasteiger partial charge in [-0.15, -0.1) is 0 Å². The molecule has 1 unspecified atom stereocenters. The van der Waals surface area contributed by atoms with Crippen molar-refractivity contribution in [1.82, 2.24) is 0 Å². The molecule has 5 heteroatoms. The largest absolute Gasteiger partial charge is 0.502 e. The Hall–Kier alpha value is -1.62. The van der Waals surface area contributed by atoms with Crippen molar-refractivity contribution in [2.45, 2.75) is 26.3 Å². The second-order valence-corrected chi connectivity index (χ2v) is 3.92. The lowest BCUT2D eigenvalue weighted by atomic mass is 9.93. The smallest absolute Gasteiger partial charge is 0.311 e. The zero-order chi connectivity index (χ0) is 12.3. The zero-order valence-electron chi connectivity index (χ0n) is 9.38. The van der Waals surface area contributed by atoms with E-state index in [4.69, 9.17) is 5.73 Å². The minimum absolute atomic E-state index is 0.240. The molecule has 0 fully saturated rings. The molecule has 0 radical (unpaired) electrons. The quantitative estimate of drug-likeness (QED) is 0.606. The molecule has 0 bridgehead atoms. The number of phenols is 1. The van der Waals surface area contributed by atoms with Gasteiger partial charge in [0.2, 0.25) is 0 Å². The van der Waals surface area contributed by atoms with Crippen LogP contribution in [-0.4, -0.2) is 10.0 Å². The van der Waals surface area contributed by atoms with Crippen LogP contribution < -0.4 is 5.73 Å². The summed E-state index contributed by atoms with van der Waals surface area (Å²) in [5.41, 5.74) is 6.35. The summed E-state index contributed by atoms with van der Waals surface area (Å²) in [6.45, 7) is 4.00. The van der Waals surface area contributed by atoms with Crippen molar-refractivity contribution >= 4 is 5.69 Å². The predicted molar refractivity (Wildman–Crippen MR) is 61.1 cm³/mol. The second-order valence-electron chi connectivity index (χ2n) is 3.92. The summed E-state index contributed by atoms with van der Waals surface area (Å²) in [4.78, 5) is 10.0. The van der Waals surface area contributed by atoms with Crippen LogP contribution in [0.25, 0.3) is 0 Å². The summed E-state index contributed by atoms with van der Waals surface area (Å²) in [7, 11) is 0. The maximum Gasteiger partial charge on any atom is 0.311 e. The van der Waals surface area contributed by atoms with Gasteiger partial charge >= 0.3 is 5.69 Å². The van der Waals surface area contributed by atoms with Gasteiger partial charge in [0, 0.05) is 12.1 Å². The van der Waals surface area contributed by atoms with Crippen LogP contribution >= 0.6 is 0 Å². The fourth-order valence-corrected chi connectivity index (χ4v) is 1.48. The number of aromatic hydroxyl groups is 1. The summed E-state index contributed by atoms with van der Waals surface area (Å²) in [5.74, 6) is -0.0887. The van der Waals surface area contributed by atoms with Crippen molar-refractivity contribution < 1.29 is 10.0 Å². The molecule has 0 saturated heterocycles. The van der Waals surface area contributed by atoms with E-state index in [-0.39, 0.29) is 23.4 Å². The molecule has 0 aliphatic carbocycles. The van der Waals surface area contributed by atoms with Crippen LogP contribution in [0.1, 0.15) is 31.9 Å². The molecule has 0 aliphatic heterocycles. The van der Waals surface area contributed by atoms with E-state index in [0.717, 1.165) is 6.42 Å². The lowest BCUT2D eigenvalue weighted by Gasteiger charge is -2.18. The maximum atomic E-state index is 10.6. The van der Waals surface area contributed by atoms with E-state index in [1.165, 1.54) is 12.1 Å². The van der Waals surface area contributed by atoms with Crippen LogP contribution in [0.4, 0.5) is 5.69 Å². The molecule has 0 spiro atoms. The highest BCUT2D eigenvalue weighted by Gasteiger charge is 2.19. The maximum absolute atomic E-state index is 10.6. The Kier molecular flexibility index (Phi) is 3.84. The van der Waals surface area contributed by atoms with E-state index < -0.39 is 4.92 Å². The van der Waals surface area contributed by atoms with E-state index in [1.807, 2.05) is 13.8 Å². The molecule has 0 aromatic heterocycles. The molecule has 0 saturated carbocycles. The van der Waals surface area contributed by atoms with Gasteiger partial charge in [0.15, 0.2) is 5.75 Å². The van der Waals surface area contributed by atoms with Crippen LogP contribution in [0.5, 0.6) is 5.75 Å². The first-order valence-electron chi connectivity index (χ1n) is 5.20. The number of nitro groups is 1. The molecular formula is C11H16N2O3. The Bertz CT molecular complexity index is 393. The number of rotatable bonds is 4. The first-order valence-corrected chi connectivity index (χ1v) is 5.20. The molecule has 0 amide bonds. The average molecular weight is 224 g/mol. The number of hydrogen-bond donors (Lipinski definition) is 2. The van der Waals surface area contributed by atoms with Crippen molar-refractivity contribution in [3.63, 3.8) is 0 Å². The molecule has 1 aromatic carbocycles. The van der Waals surface area contributed by atoms with Gasteiger partial charge in [-0.3, -0.25) is 10.1 Å². The number of nitro benzene ring substituents is 1. The highest BCUT2D eigenvalue weighted by Crippen LogP contribution is 2.30. The summed E-state index contributed by atoms with van der Waals surface area (Å²) in [6.07, 6.45) is 0.899. The Morgan fingerprint density at radius 3 is 2.69 bits per heavy atom. The first kappa shape index (κ1) is 12.4. The summed E-state index contributed by atoms with van der Waals surface area (Å²) in [5, 5.41) is 19.9. The lowest BCUT2D eigenvalue weighted by molar-refractivity contribution is -0.385. The first-order chi connectivity index (χ1) is 7.47. The van der Waals surface area contributed by atoms with Gasteiger partial charge in [-0.05, 0) is 17.5 Å². The van der Waals surface area contributed by atoms with Gasteiger partial charge < -0.3 is 10.8 Å². The number of hydrogen-bond acceptors (Lipinski definition) is 4. The fourth-order valence-electron chi connectivity index (χ4n) is 1.48. The third-order valence-electron chi connectivity index (χ3n) is 2.84. The highest BCUT2D eigenvalue weighted by molar-refractivity contribution is 5.48. The van der Waals surface area contributed by atoms with Gasteiger partial charge in [0.05, 0.1) is 4.92 Å². The zero-order valence-corrected chi connectivity index (χ0v) is 9.38. The lowest BCUT2D eigenvalue weighted by Crippen LogP contribution is -2.18. The summed E-state index contributed by atoms with van der Waals surface area (Å²) < 4.78 is 0. The Morgan fingerprint density at radius 1 is 1.56 bits per heavy atom. The van der Waals surface area contributed by atoms with Crippen LogP contribution in [-0.2, 0) is 0 Å². The highest BCUT2D eigenvalue weighted by atomic mass is 16.6.